The number of ketones is 1. The van der Waals surface area contributed by atoms with Gasteiger partial charge < -0.3 is 5.11 Å². The lowest BCUT2D eigenvalue weighted by atomic mass is 9.48. The van der Waals surface area contributed by atoms with Gasteiger partial charge >= 0.3 is 0 Å². The van der Waals surface area contributed by atoms with Gasteiger partial charge in [-0.15, -0.1) is 0 Å². The maximum Gasteiger partial charge on any atom is 0.157 e. The molecule has 1 aromatic heterocycles. The van der Waals surface area contributed by atoms with Crippen molar-refractivity contribution < 1.29 is 9.90 Å². The zero-order valence-corrected chi connectivity index (χ0v) is 19.3. The van der Waals surface area contributed by atoms with Crippen LogP contribution in [-0.4, -0.2) is 26.3 Å². The van der Waals surface area contributed by atoms with E-state index in [4.69, 9.17) is 5.26 Å². The Kier molecular flexibility index (Phi) is 5.09. The first-order valence-electron chi connectivity index (χ1n) is 12.4. The number of nitrogens with zero attached hydrogens (tertiary/aromatic N) is 3. The second-order valence-electron chi connectivity index (χ2n) is 11.9. The third kappa shape index (κ3) is 3.46. The van der Waals surface area contributed by atoms with Crippen molar-refractivity contribution in [3.8, 4) is 6.07 Å². The quantitative estimate of drug-likeness (QED) is 0.771. The summed E-state index contributed by atoms with van der Waals surface area (Å²) in [6.07, 6.45) is 12.3. The SMILES string of the molecule is C[C@@H]1C[C@H](C(=O)Cn2cc(C#N)cn2)[C@@]2(C)CCC3[C@@H](CC[C@@H]4C[C@](C)(O)CC[C@H]34)C12. The van der Waals surface area contributed by atoms with Crippen LogP contribution in [0.25, 0.3) is 0 Å². The Morgan fingerprint density at radius 1 is 1.23 bits per heavy atom. The van der Waals surface area contributed by atoms with Crippen molar-refractivity contribution in [2.24, 2.45) is 46.8 Å². The Morgan fingerprint density at radius 3 is 2.74 bits per heavy atom. The molecule has 1 heterocycles. The first-order valence-corrected chi connectivity index (χ1v) is 12.4. The molecule has 168 valence electrons. The number of fused-ring (bicyclic) bond motifs is 5. The van der Waals surface area contributed by atoms with Crippen LogP contribution in [0.3, 0.4) is 0 Å². The van der Waals surface area contributed by atoms with Crippen LogP contribution < -0.4 is 0 Å². The summed E-state index contributed by atoms with van der Waals surface area (Å²) in [7, 11) is 0. The van der Waals surface area contributed by atoms with E-state index in [1.807, 2.05) is 6.92 Å². The second-order valence-corrected chi connectivity index (χ2v) is 11.9. The molecule has 1 aromatic rings. The minimum Gasteiger partial charge on any atom is -0.390 e. The summed E-state index contributed by atoms with van der Waals surface area (Å²) in [5.74, 6) is 4.62. The van der Waals surface area contributed by atoms with E-state index in [0.717, 1.165) is 43.4 Å². The Balaban J connectivity index is 1.34. The van der Waals surface area contributed by atoms with Gasteiger partial charge in [0.15, 0.2) is 5.78 Å². The molecule has 9 atom stereocenters. The molecule has 4 aliphatic rings. The van der Waals surface area contributed by atoms with E-state index in [9.17, 15) is 9.90 Å². The van der Waals surface area contributed by atoms with Gasteiger partial charge in [-0.1, -0.05) is 13.8 Å². The largest absolute Gasteiger partial charge is 0.390 e. The molecule has 4 fully saturated rings. The molecule has 2 unspecified atom stereocenters. The standard InChI is InChI=1S/C26H37N3O2/c1-16-10-22(23(30)15-29-14-17(12-27)13-28-29)26(3)9-7-20-19-6-8-25(2,31)11-18(19)4-5-21(20)24(16)26/h13-14,16,18-22,24,31H,4-11,15H2,1-3H3/t16-,18-,19+,20?,21-,22-,24?,25-,26-/m1/s1. The van der Waals surface area contributed by atoms with Gasteiger partial charge in [0.05, 0.1) is 23.9 Å². The van der Waals surface area contributed by atoms with Crippen molar-refractivity contribution in [2.45, 2.75) is 84.3 Å². The van der Waals surface area contributed by atoms with E-state index in [1.165, 1.54) is 25.7 Å². The average molecular weight is 424 g/mol. The molecule has 4 aliphatic carbocycles. The fourth-order valence-corrected chi connectivity index (χ4v) is 8.90. The van der Waals surface area contributed by atoms with Crippen LogP contribution in [0.5, 0.6) is 0 Å². The normalized spacial score (nSPS) is 46.5. The Bertz CT molecular complexity index is 899. The summed E-state index contributed by atoms with van der Waals surface area (Å²) >= 11 is 0. The molecule has 0 aromatic carbocycles. The van der Waals surface area contributed by atoms with Crippen LogP contribution in [0.2, 0.25) is 0 Å². The van der Waals surface area contributed by atoms with Crippen LogP contribution in [0.15, 0.2) is 12.4 Å². The number of hydrogen-bond donors (Lipinski definition) is 1. The zero-order valence-electron chi connectivity index (χ0n) is 19.3. The fraction of sp³-hybridized carbons (Fsp3) is 0.808. The van der Waals surface area contributed by atoms with Crippen molar-refractivity contribution in [3.05, 3.63) is 18.0 Å². The molecule has 0 spiro atoms. The van der Waals surface area contributed by atoms with Gasteiger partial charge in [-0.2, -0.15) is 10.4 Å². The topological polar surface area (TPSA) is 78.9 Å². The second kappa shape index (κ2) is 7.44. The summed E-state index contributed by atoms with van der Waals surface area (Å²) in [6, 6.07) is 2.10. The number of carbonyl (C=O) groups is 1. The molecule has 5 rings (SSSR count). The highest BCUT2D eigenvalue weighted by Crippen LogP contribution is 2.66. The molecule has 5 heteroatoms. The molecule has 0 aliphatic heterocycles. The van der Waals surface area contributed by atoms with Crippen molar-refractivity contribution in [1.82, 2.24) is 9.78 Å². The first-order chi connectivity index (χ1) is 14.7. The lowest BCUT2D eigenvalue weighted by molar-refractivity contribution is -0.133. The molecule has 4 saturated carbocycles. The first kappa shape index (κ1) is 21.2. The molecule has 0 bridgehead atoms. The maximum absolute atomic E-state index is 13.4. The fourth-order valence-electron chi connectivity index (χ4n) is 8.90. The average Bonchev–Trinajstić information content (AvgIpc) is 3.28. The Labute approximate surface area is 186 Å². The lowest BCUT2D eigenvalue weighted by Gasteiger charge is -2.57. The summed E-state index contributed by atoms with van der Waals surface area (Å²) in [6.45, 7) is 7.11. The minimum absolute atomic E-state index is 0.0931. The van der Waals surface area contributed by atoms with Crippen molar-refractivity contribution in [3.63, 3.8) is 0 Å². The highest BCUT2D eigenvalue weighted by atomic mass is 16.3. The number of Topliss-reactive ketones (excluding diaryl/α,β-unsaturated/α-hetero) is 1. The molecule has 31 heavy (non-hydrogen) atoms. The van der Waals surface area contributed by atoms with Gasteiger partial charge in [-0.05, 0) is 99.2 Å². The highest BCUT2D eigenvalue weighted by Gasteiger charge is 2.60. The minimum atomic E-state index is -0.465. The van der Waals surface area contributed by atoms with Crippen LogP contribution in [0.1, 0.15) is 77.7 Å². The van der Waals surface area contributed by atoms with Gasteiger partial charge in [0, 0.05) is 12.1 Å². The number of nitriles is 1. The summed E-state index contributed by atoms with van der Waals surface area (Å²) < 4.78 is 1.65. The zero-order chi connectivity index (χ0) is 22.0. The number of aromatic nitrogens is 2. The van der Waals surface area contributed by atoms with E-state index in [2.05, 4.69) is 25.0 Å². The Hall–Kier alpha value is -1.67. The molecular formula is C26H37N3O2. The van der Waals surface area contributed by atoms with E-state index in [0.29, 0.717) is 29.1 Å². The molecule has 1 N–H and O–H groups in total. The third-order valence-electron chi connectivity index (χ3n) is 10.0. The van der Waals surface area contributed by atoms with Gasteiger partial charge in [-0.25, -0.2) is 0 Å². The lowest BCUT2D eigenvalue weighted by Crippen LogP contribution is -2.51. The third-order valence-corrected chi connectivity index (χ3v) is 10.0. The number of hydrogen-bond acceptors (Lipinski definition) is 4. The summed E-state index contributed by atoms with van der Waals surface area (Å²) in [5.41, 5.74) is 0.142. The van der Waals surface area contributed by atoms with Gasteiger partial charge in [0.25, 0.3) is 0 Å². The van der Waals surface area contributed by atoms with E-state index in [1.54, 1.807) is 17.1 Å². The maximum atomic E-state index is 13.4. The summed E-state index contributed by atoms with van der Waals surface area (Å²) in [5, 5.41) is 23.9. The Morgan fingerprint density at radius 2 is 2.00 bits per heavy atom. The molecule has 0 saturated heterocycles. The molecular weight excluding hydrogens is 386 g/mol. The predicted octanol–water partition coefficient (Wildman–Crippen LogP) is 4.59. The monoisotopic (exact) mass is 423 g/mol. The molecule has 5 nitrogen and oxygen atoms in total. The molecule has 0 amide bonds. The van der Waals surface area contributed by atoms with Crippen molar-refractivity contribution in [2.75, 3.05) is 0 Å². The highest BCUT2D eigenvalue weighted by molar-refractivity contribution is 5.82. The van der Waals surface area contributed by atoms with Crippen molar-refractivity contribution >= 4 is 5.78 Å². The number of rotatable bonds is 3. The predicted molar refractivity (Wildman–Crippen MR) is 118 cm³/mol. The summed E-state index contributed by atoms with van der Waals surface area (Å²) in [4.78, 5) is 13.4. The molecule has 0 radical (unpaired) electrons. The van der Waals surface area contributed by atoms with Crippen LogP contribution in [0.4, 0.5) is 0 Å². The van der Waals surface area contributed by atoms with Gasteiger partial charge in [0.2, 0.25) is 0 Å². The number of aliphatic hydroxyl groups is 1. The number of carbonyl (C=O) groups excluding carboxylic acids is 1. The van der Waals surface area contributed by atoms with Crippen LogP contribution in [0, 0.1) is 58.2 Å². The van der Waals surface area contributed by atoms with Crippen LogP contribution >= 0.6 is 0 Å². The van der Waals surface area contributed by atoms with E-state index in [-0.39, 0.29) is 17.9 Å². The van der Waals surface area contributed by atoms with E-state index < -0.39 is 5.60 Å². The smallest absolute Gasteiger partial charge is 0.157 e. The van der Waals surface area contributed by atoms with Gasteiger partial charge in [0.1, 0.15) is 6.07 Å². The van der Waals surface area contributed by atoms with Gasteiger partial charge in [-0.3, -0.25) is 9.48 Å². The van der Waals surface area contributed by atoms with Crippen LogP contribution in [-0.2, 0) is 11.3 Å². The van der Waals surface area contributed by atoms with Crippen molar-refractivity contribution in [1.29, 1.82) is 5.26 Å². The van der Waals surface area contributed by atoms with E-state index >= 15 is 0 Å².